The molecule has 1 aromatic carbocycles. The Kier molecular flexibility index (Phi) is 2.64. The van der Waals surface area contributed by atoms with Crippen molar-refractivity contribution in [1.29, 1.82) is 0 Å². The molecule has 2 atom stereocenters. The molecule has 0 spiro atoms. The highest BCUT2D eigenvalue weighted by Crippen LogP contribution is 2.64. The Labute approximate surface area is 102 Å². The van der Waals surface area contributed by atoms with Crippen molar-refractivity contribution in [2.24, 2.45) is 11.3 Å². The van der Waals surface area contributed by atoms with E-state index >= 15 is 0 Å². The molecular formula is C14H19NO2. The van der Waals surface area contributed by atoms with Gasteiger partial charge >= 0.3 is 5.97 Å². The maximum Gasteiger partial charge on any atom is 0.307 e. The first-order chi connectivity index (χ1) is 7.85. The van der Waals surface area contributed by atoms with Crippen molar-refractivity contribution in [2.75, 3.05) is 19.0 Å². The van der Waals surface area contributed by atoms with Gasteiger partial charge in [0, 0.05) is 25.7 Å². The Balaban J connectivity index is 2.23. The molecule has 0 bridgehead atoms. The molecule has 1 saturated carbocycles. The number of anilines is 1. The second kappa shape index (κ2) is 3.76. The molecule has 1 aliphatic rings. The molecular weight excluding hydrogens is 214 g/mol. The molecule has 1 N–H and O–H groups in total. The average Bonchev–Trinajstić information content (AvgIpc) is 2.82. The monoisotopic (exact) mass is 233 g/mol. The van der Waals surface area contributed by atoms with Gasteiger partial charge in [-0.1, -0.05) is 26.0 Å². The SMILES string of the molecule is CN(C)c1ccc(C2C(C(=O)O)C2(C)C)cc1. The normalized spacial score (nSPS) is 25.4. The van der Waals surface area contributed by atoms with Crippen LogP contribution in [0.3, 0.4) is 0 Å². The van der Waals surface area contributed by atoms with Gasteiger partial charge in [-0.05, 0) is 23.1 Å². The number of carboxylic acid groups (broad SMARTS) is 1. The van der Waals surface area contributed by atoms with Gasteiger partial charge in [0.25, 0.3) is 0 Å². The summed E-state index contributed by atoms with van der Waals surface area (Å²) in [5.41, 5.74) is 2.15. The van der Waals surface area contributed by atoms with Crippen LogP contribution in [0.15, 0.2) is 24.3 Å². The van der Waals surface area contributed by atoms with Crippen molar-refractivity contribution < 1.29 is 9.90 Å². The van der Waals surface area contributed by atoms with E-state index in [1.54, 1.807) is 0 Å². The summed E-state index contributed by atoms with van der Waals surface area (Å²) in [7, 11) is 3.99. The van der Waals surface area contributed by atoms with Gasteiger partial charge in [0.1, 0.15) is 0 Å². The summed E-state index contributed by atoms with van der Waals surface area (Å²) >= 11 is 0. The van der Waals surface area contributed by atoms with E-state index in [0.717, 1.165) is 11.3 Å². The highest BCUT2D eigenvalue weighted by Gasteiger charge is 2.62. The molecule has 1 fully saturated rings. The van der Waals surface area contributed by atoms with Gasteiger partial charge in [-0.15, -0.1) is 0 Å². The Morgan fingerprint density at radius 2 is 1.76 bits per heavy atom. The van der Waals surface area contributed by atoms with Gasteiger partial charge in [-0.25, -0.2) is 0 Å². The molecule has 92 valence electrons. The van der Waals surface area contributed by atoms with Crippen molar-refractivity contribution >= 4 is 11.7 Å². The first-order valence-electron chi connectivity index (χ1n) is 5.86. The Bertz CT molecular complexity index is 434. The third-order valence-corrected chi connectivity index (χ3v) is 3.86. The molecule has 0 amide bonds. The van der Waals surface area contributed by atoms with Gasteiger partial charge < -0.3 is 10.0 Å². The molecule has 0 aliphatic heterocycles. The molecule has 0 saturated heterocycles. The van der Waals surface area contributed by atoms with Crippen LogP contribution in [0.5, 0.6) is 0 Å². The van der Waals surface area contributed by atoms with Gasteiger partial charge in [-0.2, -0.15) is 0 Å². The topological polar surface area (TPSA) is 40.5 Å². The number of hydrogen-bond acceptors (Lipinski definition) is 2. The number of rotatable bonds is 3. The fourth-order valence-corrected chi connectivity index (χ4v) is 2.70. The van der Waals surface area contributed by atoms with Crippen LogP contribution >= 0.6 is 0 Å². The number of aliphatic carboxylic acids is 1. The number of carbonyl (C=O) groups is 1. The van der Waals surface area contributed by atoms with Crippen molar-refractivity contribution in [2.45, 2.75) is 19.8 Å². The second-order valence-corrected chi connectivity index (χ2v) is 5.60. The summed E-state index contributed by atoms with van der Waals surface area (Å²) in [6.07, 6.45) is 0. The predicted octanol–water partition coefficient (Wildman–Crippen LogP) is 2.58. The summed E-state index contributed by atoms with van der Waals surface area (Å²) in [6, 6.07) is 8.18. The predicted molar refractivity (Wildman–Crippen MR) is 68.4 cm³/mol. The lowest BCUT2D eigenvalue weighted by Gasteiger charge is -2.13. The fraction of sp³-hybridized carbons (Fsp3) is 0.500. The second-order valence-electron chi connectivity index (χ2n) is 5.60. The van der Waals surface area contributed by atoms with E-state index in [2.05, 4.69) is 0 Å². The lowest BCUT2D eigenvalue weighted by molar-refractivity contribution is -0.139. The summed E-state index contributed by atoms with van der Waals surface area (Å²) in [5.74, 6) is -0.777. The summed E-state index contributed by atoms with van der Waals surface area (Å²) in [4.78, 5) is 13.2. The van der Waals surface area contributed by atoms with E-state index in [0.29, 0.717) is 0 Å². The molecule has 3 heteroatoms. The quantitative estimate of drug-likeness (QED) is 0.872. The van der Waals surface area contributed by atoms with Crippen LogP contribution in [-0.2, 0) is 4.79 Å². The lowest BCUT2D eigenvalue weighted by atomic mass is 10.0. The minimum atomic E-state index is -0.684. The zero-order valence-corrected chi connectivity index (χ0v) is 10.8. The van der Waals surface area contributed by atoms with Crippen LogP contribution in [0.1, 0.15) is 25.3 Å². The van der Waals surface area contributed by atoms with Gasteiger partial charge in [0.2, 0.25) is 0 Å². The van der Waals surface area contributed by atoms with Crippen LogP contribution in [-0.4, -0.2) is 25.2 Å². The first-order valence-corrected chi connectivity index (χ1v) is 5.86. The number of carboxylic acids is 1. The van der Waals surface area contributed by atoms with E-state index < -0.39 is 5.97 Å². The van der Waals surface area contributed by atoms with E-state index in [9.17, 15) is 4.79 Å². The van der Waals surface area contributed by atoms with Crippen LogP contribution < -0.4 is 4.90 Å². The summed E-state index contributed by atoms with van der Waals surface area (Å²) < 4.78 is 0. The van der Waals surface area contributed by atoms with Gasteiger partial charge in [0.15, 0.2) is 0 Å². The van der Waals surface area contributed by atoms with E-state index in [4.69, 9.17) is 5.11 Å². The Hall–Kier alpha value is -1.51. The standard InChI is InChI=1S/C14H19NO2/c1-14(2)11(12(14)13(16)17)9-5-7-10(8-6-9)15(3)4/h5-8,11-12H,1-4H3,(H,16,17). The Morgan fingerprint density at radius 3 is 2.12 bits per heavy atom. The highest BCUT2D eigenvalue weighted by atomic mass is 16.4. The van der Waals surface area contributed by atoms with E-state index in [-0.39, 0.29) is 17.3 Å². The molecule has 1 aromatic rings. The highest BCUT2D eigenvalue weighted by molar-refractivity contribution is 5.77. The smallest absolute Gasteiger partial charge is 0.307 e. The fourth-order valence-electron chi connectivity index (χ4n) is 2.70. The van der Waals surface area contributed by atoms with Gasteiger partial charge in [-0.3, -0.25) is 4.79 Å². The maximum absolute atomic E-state index is 11.1. The number of benzene rings is 1. The molecule has 17 heavy (non-hydrogen) atoms. The van der Waals surface area contributed by atoms with Crippen LogP contribution in [0.2, 0.25) is 0 Å². The molecule has 1 aliphatic carbocycles. The van der Waals surface area contributed by atoms with Crippen molar-refractivity contribution in [3.63, 3.8) is 0 Å². The number of hydrogen-bond donors (Lipinski definition) is 1. The Morgan fingerprint density at radius 1 is 1.24 bits per heavy atom. The molecule has 3 nitrogen and oxygen atoms in total. The zero-order valence-electron chi connectivity index (χ0n) is 10.8. The van der Waals surface area contributed by atoms with Crippen LogP contribution in [0.4, 0.5) is 5.69 Å². The molecule has 0 radical (unpaired) electrons. The third kappa shape index (κ3) is 1.90. The number of nitrogens with zero attached hydrogens (tertiary/aromatic N) is 1. The molecule has 0 aromatic heterocycles. The van der Waals surface area contributed by atoms with Crippen molar-refractivity contribution in [1.82, 2.24) is 0 Å². The van der Waals surface area contributed by atoms with Crippen LogP contribution in [0.25, 0.3) is 0 Å². The maximum atomic E-state index is 11.1. The molecule has 2 rings (SSSR count). The minimum Gasteiger partial charge on any atom is -0.481 e. The summed E-state index contributed by atoms with van der Waals surface area (Å²) in [6.45, 7) is 4.05. The van der Waals surface area contributed by atoms with E-state index in [1.807, 2.05) is 57.1 Å². The molecule has 2 unspecified atom stereocenters. The minimum absolute atomic E-state index is 0.120. The van der Waals surface area contributed by atoms with Crippen molar-refractivity contribution in [3.8, 4) is 0 Å². The molecule has 0 heterocycles. The van der Waals surface area contributed by atoms with Crippen molar-refractivity contribution in [3.05, 3.63) is 29.8 Å². The van der Waals surface area contributed by atoms with Crippen LogP contribution in [0, 0.1) is 11.3 Å². The zero-order chi connectivity index (χ0) is 12.8. The van der Waals surface area contributed by atoms with Gasteiger partial charge in [0.05, 0.1) is 5.92 Å². The van der Waals surface area contributed by atoms with E-state index in [1.165, 1.54) is 0 Å². The summed E-state index contributed by atoms with van der Waals surface area (Å²) in [5, 5.41) is 9.16. The third-order valence-electron chi connectivity index (χ3n) is 3.86. The largest absolute Gasteiger partial charge is 0.481 e. The average molecular weight is 233 g/mol. The first kappa shape index (κ1) is 12.0. The lowest BCUT2D eigenvalue weighted by Crippen LogP contribution is -2.08.